The topological polar surface area (TPSA) is 27.7 Å². The van der Waals surface area contributed by atoms with Crippen molar-refractivity contribution in [3.63, 3.8) is 0 Å². The third kappa shape index (κ3) is 2.58. The Balaban J connectivity index is 2.33. The minimum Gasteiger partial charge on any atom is -0.493 e. The van der Waals surface area contributed by atoms with Gasteiger partial charge in [0.05, 0.1) is 21.3 Å². The molecule has 3 aromatic rings. The van der Waals surface area contributed by atoms with E-state index in [0.717, 1.165) is 16.7 Å². The van der Waals surface area contributed by atoms with Crippen LogP contribution in [0.5, 0.6) is 17.2 Å². The average Bonchev–Trinajstić information content (AvgIpc) is 2.65. The summed E-state index contributed by atoms with van der Waals surface area (Å²) in [5.41, 5.74) is 2.91. The first-order valence-corrected chi connectivity index (χ1v) is 7.68. The molecule has 0 atom stereocenters. The van der Waals surface area contributed by atoms with E-state index >= 15 is 0 Å². The number of ether oxygens (including phenoxy) is 3. The first-order chi connectivity index (χ1) is 11.7. The molecule has 0 unspecified atom stereocenters. The lowest BCUT2D eigenvalue weighted by Crippen LogP contribution is -1.99. The molecule has 0 heterocycles. The van der Waals surface area contributed by atoms with Crippen molar-refractivity contribution < 1.29 is 14.2 Å². The average molecular weight is 320 g/mol. The molecule has 0 aliphatic heterocycles. The van der Waals surface area contributed by atoms with Gasteiger partial charge in [0.15, 0.2) is 11.5 Å². The molecule has 0 fully saturated rings. The maximum Gasteiger partial charge on any atom is 0.203 e. The van der Waals surface area contributed by atoms with Crippen molar-refractivity contribution in [2.75, 3.05) is 21.3 Å². The van der Waals surface area contributed by atoms with Crippen molar-refractivity contribution >= 4 is 16.8 Å². The molecule has 24 heavy (non-hydrogen) atoms. The number of hydrogen-bond acceptors (Lipinski definition) is 3. The molecule has 0 radical (unpaired) electrons. The zero-order valence-corrected chi connectivity index (χ0v) is 14.1. The summed E-state index contributed by atoms with van der Waals surface area (Å²) in [7, 11) is 4.85. The van der Waals surface area contributed by atoms with Crippen LogP contribution >= 0.6 is 0 Å². The zero-order chi connectivity index (χ0) is 17.1. The van der Waals surface area contributed by atoms with Crippen LogP contribution in [0.3, 0.4) is 0 Å². The summed E-state index contributed by atoms with van der Waals surface area (Å²) in [4.78, 5) is 0. The fraction of sp³-hybridized carbons (Fsp3) is 0.143. The van der Waals surface area contributed by atoms with Gasteiger partial charge in [0.25, 0.3) is 0 Å². The first-order valence-electron chi connectivity index (χ1n) is 7.68. The Morgan fingerprint density at radius 2 is 1.50 bits per heavy atom. The van der Waals surface area contributed by atoms with Crippen LogP contribution in [0.15, 0.2) is 55.1 Å². The molecule has 0 saturated carbocycles. The number of methoxy groups -OCH3 is 3. The fourth-order valence-electron chi connectivity index (χ4n) is 2.98. The van der Waals surface area contributed by atoms with Crippen LogP contribution in [-0.2, 0) is 0 Å². The Morgan fingerprint density at radius 3 is 2.12 bits per heavy atom. The number of benzene rings is 3. The van der Waals surface area contributed by atoms with Crippen molar-refractivity contribution in [1.29, 1.82) is 0 Å². The lowest BCUT2D eigenvalue weighted by Gasteiger charge is -2.19. The Morgan fingerprint density at radius 1 is 0.792 bits per heavy atom. The second-order valence-corrected chi connectivity index (χ2v) is 5.38. The van der Waals surface area contributed by atoms with E-state index in [0.29, 0.717) is 17.2 Å². The highest BCUT2D eigenvalue weighted by molar-refractivity contribution is 5.92. The number of fused-ring (bicyclic) bond motifs is 1. The first kappa shape index (κ1) is 15.9. The van der Waals surface area contributed by atoms with E-state index < -0.39 is 0 Å². The lowest BCUT2D eigenvalue weighted by atomic mass is 9.95. The van der Waals surface area contributed by atoms with Gasteiger partial charge in [-0.25, -0.2) is 0 Å². The molecule has 3 heteroatoms. The van der Waals surface area contributed by atoms with Gasteiger partial charge in [-0.15, -0.1) is 0 Å². The zero-order valence-electron chi connectivity index (χ0n) is 14.1. The van der Waals surface area contributed by atoms with Gasteiger partial charge in [-0.05, 0) is 34.0 Å². The Hall–Kier alpha value is -2.94. The Kier molecular flexibility index (Phi) is 4.43. The number of hydrogen-bond donors (Lipinski definition) is 0. The van der Waals surface area contributed by atoms with E-state index in [2.05, 4.69) is 36.9 Å². The van der Waals surface area contributed by atoms with E-state index in [9.17, 15) is 0 Å². The Bertz CT molecular complexity index is 897. The van der Waals surface area contributed by atoms with Gasteiger partial charge in [0.1, 0.15) is 0 Å². The highest BCUT2D eigenvalue weighted by Crippen LogP contribution is 2.47. The Labute approximate surface area is 142 Å². The lowest BCUT2D eigenvalue weighted by molar-refractivity contribution is 0.325. The highest BCUT2D eigenvalue weighted by Gasteiger charge is 2.20. The molecule has 0 aromatic heterocycles. The smallest absolute Gasteiger partial charge is 0.203 e. The van der Waals surface area contributed by atoms with E-state index in [1.807, 2.05) is 18.2 Å². The van der Waals surface area contributed by atoms with Crippen molar-refractivity contribution in [2.45, 2.75) is 0 Å². The molecule has 0 aliphatic carbocycles. The monoisotopic (exact) mass is 320 g/mol. The van der Waals surface area contributed by atoms with Crippen LogP contribution < -0.4 is 14.2 Å². The second-order valence-electron chi connectivity index (χ2n) is 5.38. The molecule has 0 bridgehead atoms. The van der Waals surface area contributed by atoms with Crippen molar-refractivity contribution in [2.24, 2.45) is 0 Å². The predicted molar refractivity (Wildman–Crippen MR) is 99.1 cm³/mol. The fourth-order valence-corrected chi connectivity index (χ4v) is 2.98. The van der Waals surface area contributed by atoms with Crippen LogP contribution in [0, 0.1) is 0 Å². The summed E-state index contributed by atoms with van der Waals surface area (Å²) in [5.74, 6) is 1.84. The van der Waals surface area contributed by atoms with Gasteiger partial charge < -0.3 is 14.2 Å². The van der Waals surface area contributed by atoms with Gasteiger partial charge >= 0.3 is 0 Å². The van der Waals surface area contributed by atoms with Crippen LogP contribution in [0.25, 0.3) is 28.0 Å². The summed E-state index contributed by atoms with van der Waals surface area (Å²) >= 11 is 0. The van der Waals surface area contributed by atoms with Crippen molar-refractivity contribution in [1.82, 2.24) is 0 Å². The van der Waals surface area contributed by atoms with Gasteiger partial charge in [0.2, 0.25) is 5.75 Å². The third-order valence-electron chi connectivity index (χ3n) is 4.12. The van der Waals surface area contributed by atoms with Crippen LogP contribution in [0.4, 0.5) is 0 Å². The summed E-state index contributed by atoms with van der Waals surface area (Å²) in [6.07, 6.45) is 1.80. The molecule has 3 aromatic carbocycles. The molecule has 0 N–H and O–H groups in total. The highest BCUT2D eigenvalue weighted by atomic mass is 16.5. The summed E-state index contributed by atoms with van der Waals surface area (Å²) in [5, 5.41) is 2.36. The SMILES string of the molecule is C=Cc1cc(OC)c(OC)c(OC)c1-c1ccc2ccccc2c1. The van der Waals surface area contributed by atoms with E-state index in [1.54, 1.807) is 27.4 Å². The van der Waals surface area contributed by atoms with Crippen LogP contribution in [0.2, 0.25) is 0 Å². The normalized spacial score (nSPS) is 10.5. The van der Waals surface area contributed by atoms with Gasteiger partial charge in [-0.2, -0.15) is 0 Å². The largest absolute Gasteiger partial charge is 0.493 e. The summed E-state index contributed by atoms with van der Waals surface area (Å²) < 4.78 is 16.6. The van der Waals surface area contributed by atoms with Gasteiger partial charge in [-0.3, -0.25) is 0 Å². The van der Waals surface area contributed by atoms with Crippen molar-refractivity contribution in [3.8, 4) is 28.4 Å². The standard InChI is InChI=1S/C21H20O3/c1-5-14-13-18(22-2)20(23-3)21(24-4)19(14)17-11-10-15-8-6-7-9-16(15)12-17/h5-13H,1H2,2-4H3. The van der Waals surface area contributed by atoms with Gasteiger partial charge in [-0.1, -0.05) is 49.1 Å². The van der Waals surface area contributed by atoms with E-state index in [4.69, 9.17) is 14.2 Å². The molecule has 3 nitrogen and oxygen atoms in total. The maximum absolute atomic E-state index is 5.67. The molecule has 0 saturated heterocycles. The molecule has 0 aliphatic rings. The third-order valence-corrected chi connectivity index (χ3v) is 4.12. The van der Waals surface area contributed by atoms with E-state index in [1.165, 1.54) is 10.8 Å². The van der Waals surface area contributed by atoms with E-state index in [-0.39, 0.29) is 0 Å². The predicted octanol–water partition coefficient (Wildman–Crippen LogP) is 5.18. The minimum absolute atomic E-state index is 0.578. The maximum atomic E-state index is 5.67. The molecule has 0 spiro atoms. The molecular formula is C21H20O3. The molecule has 3 rings (SSSR count). The summed E-state index contributed by atoms with van der Waals surface area (Å²) in [6, 6.07) is 16.5. The quantitative estimate of drug-likeness (QED) is 0.648. The van der Waals surface area contributed by atoms with Crippen molar-refractivity contribution in [3.05, 3.63) is 60.7 Å². The van der Waals surface area contributed by atoms with Crippen LogP contribution in [0.1, 0.15) is 5.56 Å². The number of rotatable bonds is 5. The minimum atomic E-state index is 0.578. The van der Waals surface area contributed by atoms with Crippen LogP contribution in [-0.4, -0.2) is 21.3 Å². The second kappa shape index (κ2) is 6.67. The molecule has 0 amide bonds. The molecular weight excluding hydrogens is 300 g/mol. The van der Waals surface area contributed by atoms with Gasteiger partial charge in [0, 0.05) is 5.56 Å². The summed E-state index contributed by atoms with van der Waals surface area (Å²) in [6.45, 7) is 3.93. The molecule has 122 valence electrons.